The molecule has 0 heterocycles. The summed E-state index contributed by atoms with van der Waals surface area (Å²) in [7, 11) is 0. The number of benzene rings is 1. The molecule has 0 aliphatic heterocycles. The van der Waals surface area contributed by atoms with Gasteiger partial charge in [0.05, 0.1) is 0 Å². The van der Waals surface area contributed by atoms with Gasteiger partial charge in [-0.15, -0.1) is 0 Å². The molecule has 0 saturated heterocycles. The molecule has 1 atom stereocenters. The lowest BCUT2D eigenvalue weighted by Crippen LogP contribution is -2.37. The first-order valence-electron chi connectivity index (χ1n) is 5.48. The van der Waals surface area contributed by atoms with Crippen LogP contribution in [0.1, 0.15) is 33.3 Å². The normalized spacial score (nSPS) is 13.9. The minimum absolute atomic E-state index is 0.101. The second-order valence-electron chi connectivity index (χ2n) is 5.18. The Morgan fingerprint density at radius 3 is 2.44 bits per heavy atom. The molecule has 0 saturated carbocycles. The van der Waals surface area contributed by atoms with E-state index in [1.165, 1.54) is 6.07 Å². The Labute approximate surface area is 95.9 Å². The van der Waals surface area contributed by atoms with Gasteiger partial charge in [-0.3, -0.25) is 0 Å². The maximum Gasteiger partial charge on any atom is 0.163 e. The van der Waals surface area contributed by atoms with E-state index in [4.69, 9.17) is 0 Å². The van der Waals surface area contributed by atoms with E-state index in [0.717, 1.165) is 6.07 Å². The quantitative estimate of drug-likeness (QED) is 0.833. The Morgan fingerprint density at radius 1 is 1.25 bits per heavy atom. The third-order valence-electron chi connectivity index (χ3n) is 2.93. The highest BCUT2D eigenvalue weighted by Gasteiger charge is 2.19. The molecule has 0 radical (unpaired) electrons. The van der Waals surface area contributed by atoms with E-state index in [-0.39, 0.29) is 11.5 Å². The van der Waals surface area contributed by atoms with Crippen LogP contribution in [-0.2, 0) is 6.54 Å². The van der Waals surface area contributed by atoms with Crippen molar-refractivity contribution in [2.75, 3.05) is 0 Å². The van der Waals surface area contributed by atoms with Gasteiger partial charge in [0, 0.05) is 18.2 Å². The van der Waals surface area contributed by atoms with Gasteiger partial charge in [-0.05, 0) is 18.4 Å². The average Bonchev–Trinajstić information content (AvgIpc) is 2.18. The minimum Gasteiger partial charge on any atom is -0.310 e. The summed E-state index contributed by atoms with van der Waals surface area (Å²) in [6.07, 6.45) is 0. The molecule has 90 valence electrons. The van der Waals surface area contributed by atoms with Crippen molar-refractivity contribution in [1.82, 2.24) is 5.32 Å². The van der Waals surface area contributed by atoms with Gasteiger partial charge in [0.2, 0.25) is 0 Å². The highest BCUT2D eigenvalue weighted by atomic mass is 19.2. The van der Waals surface area contributed by atoms with Crippen molar-refractivity contribution in [2.24, 2.45) is 5.41 Å². The van der Waals surface area contributed by atoms with E-state index in [2.05, 4.69) is 26.1 Å². The molecule has 1 nitrogen and oxygen atoms in total. The second-order valence-corrected chi connectivity index (χ2v) is 5.18. The van der Waals surface area contributed by atoms with E-state index >= 15 is 0 Å². The molecule has 0 aliphatic carbocycles. The summed E-state index contributed by atoms with van der Waals surface area (Å²) in [6, 6.07) is 4.49. The second kappa shape index (κ2) is 4.91. The van der Waals surface area contributed by atoms with Crippen LogP contribution in [0.5, 0.6) is 0 Å². The van der Waals surface area contributed by atoms with Crippen LogP contribution in [0.2, 0.25) is 0 Å². The smallest absolute Gasteiger partial charge is 0.163 e. The zero-order chi connectivity index (χ0) is 12.3. The third-order valence-corrected chi connectivity index (χ3v) is 2.93. The number of hydrogen-bond donors (Lipinski definition) is 1. The summed E-state index contributed by atoms with van der Waals surface area (Å²) in [4.78, 5) is 0. The summed E-state index contributed by atoms with van der Waals surface area (Å²) >= 11 is 0. The van der Waals surface area contributed by atoms with Crippen molar-refractivity contribution in [3.05, 3.63) is 35.4 Å². The monoisotopic (exact) mass is 227 g/mol. The SMILES string of the molecule is CC(NCc1cccc(F)c1F)C(C)(C)C. The molecule has 1 aromatic rings. The van der Waals surface area contributed by atoms with Crippen LogP contribution in [0.3, 0.4) is 0 Å². The molecule has 1 rings (SSSR count). The third kappa shape index (κ3) is 3.27. The lowest BCUT2D eigenvalue weighted by molar-refractivity contribution is 0.283. The molecule has 1 unspecified atom stereocenters. The van der Waals surface area contributed by atoms with Gasteiger partial charge in [-0.25, -0.2) is 8.78 Å². The van der Waals surface area contributed by atoms with Crippen LogP contribution >= 0.6 is 0 Å². The van der Waals surface area contributed by atoms with Crippen LogP contribution < -0.4 is 5.32 Å². The molecule has 0 amide bonds. The minimum atomic E-state index is -0.789. The Kier molecular flexibility index (Phi) is 4.03. The Balaban J connectivity index is 2.65. The first kappa shape index (κ1) is 13.1. The van der Waals surface area contributed by atoms with Crippen LogP contribution in [-0.4, -0.2) is 6.04 Å². The van der Waals surface area contributed by atoms with Crippen molar-refractivity contribution >= 4 is 0 Å². The Morgan fingerprint density at radius 2 is 1.88 bits per heavy atom. The van der Waals surface area contributed by atoms with Gasteiger partial charge in [0.15, 0.2) is 11.6 Å². The predicted octanol–water partition coefficient (Wildman–Crippen LogP) is 3.49. The summed E-state index contributed by atoms with van der Waals surface area (Å²) in [5.74, 6) is -1.54. The zero-order valence-corrected chi connectivity index (χ0v) is 10.3. The van der Waals surface area contributed by atoms with Gasteiger partial charge >= 0.3 is 0 Å². The molecule has 16 heavy (non-hydrogen) atoms. The van der Waals surface area contributed by atoms with E-state index < -0.39 is 11.6 Å². The highest BCUT2D eigenvalue weighted by Crippen LogP contribution is 2.19. The van der Waals surface area contributed by atoms with Gasteiger partial charge in [0.1, 0.15) is 0 Å². The molecule has 3 heteroatoms. The topological polar surface area (TPSA) is 12.0 Å². The zero-order valence-electron chi connectivity index (χ0n) is 10.3. The summed E-state index contributed by atoms with van der Waals surface area (Å²) in [5.41, 5.74) is 0.472. The molecule has 1 N–H and O–H groups in total. The number of halogens is 2. The molecule has 1 aromatic carbocycles. The molecule has 0 aromatic heterocycles. The van der Waals surface area contributed by atoms with E-state index in [0.29, 0.717) is 12.1 Å². The molecule has 0 spiro atoms. The van der Waals surface area contributed by atoms with Crippen LogP contribution in [0.25, 0.3) is 0 Å². The number of nitrogens with one attached hydrogen (secondary N) is 1. The number of rotatable bonds is 3. The summed E-state index contributed by atoms with van der Waals surface area (Å²) in [6.45, 7) is 8.70. The summed E-state index contributed by atoms with van der Waals surface area (Å²) < 4.78 is 26.3. The fourth-order valence-electron chi connectivity index (χ4n) is 1.25. The van der Waals surface area contributed by atoms with Crippen molar-refractivity contribution < 1.29 is 8.78 Å². The number of hydrogen-bond acceptors (Lipinski definition) is 1. The predicted molar refractivity (Wildman–Crippen MR) is 62.1 cm³/mol. The Bertz CT molecular complexity index is 355. The standard InChI is InChI=1S/C13H19F2N/c1-9(13(2,3)4)16-8-10-6-5-7-11(14)12(10)15/h5-7,9,16H,8H2,1-4H3. The van der Waals surface area contributed by atoms with Gasteiger partial charge in [-0.1, -0.05) is 32.9 Å². The Hall–Kier alpha value is -0.960. The van der Waals surface area contributed by atoms with Crippen molar-refractivity contribution in [1.29, 1.82) is 0 Å². The maximum atomic E-state index is 13.3. The first-order chi connectivity index (χ1) is 7.32. The fourth-order valence-corrected chi connectivity index (χ4v) is 1.25. The van der Waals surface area contributed by atoms with Crippen molar-refractivity contribution in [2.45, 2.75) is 40.3 Å². The molecule has 0 fully saturated rings. The molecular formula is C13H19F2N. The van der Waals surface area contributed by atoms with E-state index in [1.807, 2.05) is 6.92 Å². The van der Waals surface area contributed by atoms with Gasteiger partial charge < -0.3 is 5.32 Å². The van der Waals surface area contributed by atoms with Crippen LogP contribution in [0.15, 0.2) is 18.2 Å². The first-order valence-corrected chi connectivity index (χ1v) is 5.48. The lowest BCUT2D eigenvalue weighted by Gasteiger charge is -2.28. The van der Waals surface area contributed by atoms with Gasteiger partial charge in [0.25, 0.3) is 0 Å². The van der Waals surface area contributed by atoms with E-state index in [1.54, 1.807) is 6.07 Å². The van der Waals surface area contributed by atoms with Crippen LogP contribution in [0, 0.1) is 17.0 Å². The largest absolute Gasteiger partial charge is 0.310 e. The average molecular weight is 227 g/mol. The fraction of sp³-hybridized carbons (Fsp3) is 0.538. The van der Waals surface area contributed by atoms with Crippen molar-refractivity contribution in [3.63, 3.8) is 0 Å². The lowest BCUT2D eigenvalue weighted by atomic mass is 9.88. The molecule has 0 aliphatic rings. The van der Waals surface area contributed by atoms with E-state index in [9.17, 15) is 8.78 Å². The molecule has 0 bridgehead atoms. The summed E-state index contributed by atoms with van der Waals surface area (Å²) in [5, 5.41) is 3.20. The maximum absolute atomic E-state index is 13.3. The molecular weight excluding hydrogens is 208 g/mol. The highest BCUT2D eigenvalue weighted by molar-refractivity contribution is 5.18. The van der Waals surface area contributed by atoms with Crippen LogP contribution in [0.4, 0.5) is 8.78 Å². The van der Waals surface area contributed by atoms with Crippen molar-refractivity contribution in [3.8, 4) is 0 Å². The van der Waals surface area contributed by atoms with Gasteiger partial charge in [-0.2, -0.15) is 0 Å².